The van der Waals surface area contributed by atoms with Crippen LogP contribution in [0.1, 0.15) is 68.1 Å². The standard InChI is InChI=1S/C21H35N3O2/c1-2-3-11-23-21(26)24-20-10-9-16-13-17(7-8-18(16)14-20)19(15-22)6-4-5-12-25/h7-8,13,19-20,25H,2-6,9-12,14-15,22H2,1H3,(H2,23,24,26)/t19-,20?/m0/s1. The number of nitrogens with one attached hydrogen (secondary N) is 2. The fourth-order valence-electron chi connectivity index (χ4n) is 3.69. The highest BCUT2D eigenvalue weighted by molar-refractivity contribution is 5.74. The molecule has 0 spiro atoms. The van der Waals surface area contributed by atoms with Crippen LogP contribution in [0.2, 0.25) is 0 Å². The van der Waals surface area contributed by atoms with Gasteiger partial charge in [-0.3, -0.25) is 0 Å². The Kier molecular flexibility index (Phi) is 8.92. The number of aliphatic hydroxyl groups is 1. The molecule has 5 nitrogen and oxygen atoms in total. The van der Waals surface area contributed by atoms with Gasteiger partial charge in [0.05, 0.1) is 0 Å². The molecule has 1 aromatic rings. The molecule has 2 atom stereocenters. The Morgan fingerprint density at radius 1 is 1.31 bits per heavy atom. The largest absolute Gasteiger partial charge is 0.396 e. The van der Waals surface area contributed by atoms with Gasteiger partial charge >= 0.3 is 6.03 Å². The number of unbranched alkanes of at least 4 members (excludes halogenated alkanes) is 2. The second kappa shape index (κ2) is 11.2. The summed E-state index contributed by atoms with van der Waals surface area (Å²) in [4.78, 5) is 12.0. The van der Waals surface area contributed by atoms with Crippen molar-refractivity contribution in [1.29, 1.82) is 0 Å². The van der Waals surface area contributed by atoms with Crippen LogP contribution in [0.5, 0.6) is 0 Å². The minimum absolute atomic E-state index is 0.0457. The second-order valence-corrected chi connectivity index (χ2v) is 7.37. The van der Waals surface area contributed by atoms with Crippen LogP contribution in [0.25, 0.3) is 0 Å². The summed E-state index contributed by atoms with van der Waals surface area (Å²) < 4.78 is 0. The van der Waals surface area contributed by atoms with Crippen LogP contribution in [0, 0.1) is 0 Å². The number of rotatable bonds is 10. The summed E-state index contributed by atoms with van der Waals surface area (Å²) in [6.45, 7) is 3.76. The second-order valence-electron chi connectivity index (χ2n) is 7.37. The number of fused-ring (bicyclic) bond motifs is 1. The number of hydrogen-bond donors (Lipinski definition) is 4. The summed E-state index contributed by atoms with van der Waals surface area (Å²) in [6, 6.07) is 6.88. The van der Waals surface area contributed by atoms with E-state index in [-0.39, 0.29) is 18.7 Å². The van der Waals surface area contributed by atoms with Crippen LogP contribution >= 0.6 is 0 Å². The number of hydrogen-bond acceptors (Lipinski definition) is 3. The molecule has 1 unspecified atom stereocenters. The molecule has 0 fully saturated rings. The normalized spacial score (nSPS) is 17.4. The van der Waals surface area contributed by atoms with Crippen LogP contribution in [0.3, 0.4) is 0 Å². The van der Waals surface area contributed by atoms with E-state index in [1.807, 2.05) is 0 Å². The van der Waals surface area contributed by atoms with Crippen molar-refractivity contribution in [2.75, 3.05) is 19.7 Å². The molecular weight excluding hydrogens is 326 g/mol. The fraction of sp³-hybridized carbons (Fsp3) is 0.667. The third kappa shape index (κ3) is 6.29. The number of carbonyl (C=O) groups is 1. The zero-order valence-electron chi connectivity index (χ0n) is 16.1. The summed E-state index contributed by atoms with van der Waals surface area (Å²) in [6.07, 6.45) is 7.86. The zero-order chi connectivity index (χ0) is 18.8. The number of amides is 2. The Bertz CT molecular complexity index is 562. The van der Waals surface area contributed by atoms with Crippen LogP contribution in [0.15, 0.2) is 18.2 Å². The molecule has 1 aromatic carbocycles. The van der Waals surface area contributed by atoms with E-state index in [4.69, 9.17) is 10.8 Å². The zero-order valence-corrected chi connectivity index (χ0v) is 16.1. The number of benzene rings is 1. The monoisotopic (exact) mass is 361 g/mol. The van der Waals surface area contributed by atoms with Crippen molar-refractivity contribution in [3.63, 3.8) is 0 Å². The summed E-state index contributed by atoms with van der Waals surface area (Å²) in [5, 5.41) is 15.0. The first-order chi connectivity index (χ1) is 12.7. The molecule has 2 rings (SSSR count). The number of aryl methyl sites for hydroxylation is 1. The molecule has 0 heterocycles. The highest BCUT2D eigenvalue weighted by Gasteiger charge is 2.21. The number of nitrogens with two attached hydrogens (primary N) is 1. The van der Waals surface area contributed by atoms with Crippen molar-refractivity contribution >= 4 is 6.03 Å². The average molecular weight is 362 g/mol. The molecule has 1 aliphatic carbocycles. The molecule has 1 aliphatic rings. The molecule has 0 saturated heterocycles. The molecule has 5 N–H and O–H groups in total. The summed E-state index contributed by atoms with van der Waals surface area (Å²) in [5.41, 5.74) is 10.0. The van der Waals surface area contributed by atoms with Gasteiger partial charge in [0.25, 0.3) is 0 Å². The first-order valence-electron chi connectivity index (χ1n) is 10.1. The van der Waals surface area contributed by atoms with Crippen LogP contribution in [0.4, 0.5) is 4.79 Å². The van der Waals surface area contributed by atoms with E-state index >= 15 is 0 Å². The highest BCUT2D eigenvalue weighted by Crippen LogP contribution is 2.28. The minimum Gasteiger partial charge on any atom is -0.396 e. The van der Waals surface area contributed by atoms with Gasteiger partial charge in [0, 0.05) is 19.2 Å². The van der Waals surface area contributed by atoms with Crippen molar-refractivity contribution in [3.05, 3.63) is 34.9 Å². The molecular formula is C21H35N3O2. The van der Waals surface area contributed by atoms with Gasteiger partial charge < -0.3 is 21.5 Å². The van der Waals surface area contributed by atoms with E-state index in [1.165, 1.54) is 16.7 Å². The minimum atomic E-state index is -0.0457. The molecule has 0 aliphatic heterocycles. The Balaban J connectivity index is 1.90. The Morgan fingerprint density at radius 2 is 2.15 bits per heavy atom. The van der Waals surface area contributed by atoms with Crippen LogP contribution < -0.4 is 16.4 Å². The highest BCUT2D eigenvalue weighted by atomic mass is 16.2. The number of carbonyl (C=O) groups excluding carboxylic acids is 1. The first-order valence-corrected chi connectivity index (χ1v) is 10.1. The summed E-state index contributed by atoms with van der Waals surface area (Å²) >= 11 is 0. The van der Waals surface area contributed by atoms with Crippen molar-refractivity contribution in [3.8, 4) is 0 Å². The van der Waals surface area contributed by atoms with Crippen LogP contribution in [-0.4, -0.2) is 36.9 Å². The lowest BCUT2D eigenvalue weighted by atomic mass is 9.84. The van der Waals surface area contributed by atoms with Gasteiger partial charge in [0.2, 0.25) is 0 Å². The topological polar surface area (TPSA) is 87.4 Å². The van der Waals surface area contributed by atoms with Crippen LogP contribution in [-0.2, 0) is 12.8 Å². The predicted molar refractivity (Wildman–Crippen MR) is 106 cm³/mol. The maximum atomic E-state index is 12.0. The maximum absolute atomic E-state index is 12.0. The Hall–Kier alpha value is -1.59. The van der Waals surface area contributed by atoms with Gasteiger partial charge in [0.15, 0.2) is 0 Å². The predicted octanol–water partition coefficient (Wildman–Crippen LogP) is 2.85. The molecule has 2 amide bonds. The van der Waals surface area contributed by atoms with Crippen molar-refractivity contribution in [2.45, 2.75) is 70.3 Å². The lowest BCUT2D eigenvalue weighted by molar-refractivity contribution is 0.235. The molecule has 146 valence electrons. The van der Waals surface area contributed by atoms with Crippen molar-refractivity contribution < 1.29 is 9.90 Å². The Labute approximate surface area is 157 Å². The van der Waals surface area contributed by atoms with Gasteiger partial charge in [-0.15, -0.1) is 0 Å². The van der Waals surface area contributed by atoms with E-state index in [0.29, 0.717) is 12.5 Å². The van der Waals surface area contributed by atoms with E-state index in [0.717, 1.165) is 57.9 Å². The lowest BCUT2D eigenvalue weighted by Gasteiger charge is -2.27. The van der Waals surface area contributed by atoms with E-state index in [1.54, 1.807) is 0 Å². The molecule has 0 radical (unpaired) electrons. The quantitative estimate of drug-likeness (QED) is 0.483. The molecule has 0 saturated carbocycles. The van der Waals surface area contributed by atoms with Crippen molar-refractivity contribution in [1.82, 2.24) is 10.6 Å². The maximum Gasteiger partial charge on any atom is 0.315 e. The average Bonchev–Trinajstić information content (AvgIpc) is 2.65. The molecule has 5 heteroatoms. The van der Waals surface area contributed by atoms with Gasteiger partial charge in [-0.25, -0.2) is 4.79 Å². The third-order valence-corrected chi connectivity index (χ3v) is 5.33. The smallest absolute Gasteiger partial charge is 0.315 e. The van der Waals surface area contributed by atoms with Gasteiger partial charge in [-0.2, -0.15) is 0 Å². The lowest BCUT2D eigenvalue weighted by Crippen LogP contribution is -2.44. The number of aliphatic hydroxyl groups excluding tert-OH is 1. The first kappa shape index (κ1) is 20.7. The van der Waals surface area contributed by atoms with E-state index in [9.17, 15) is 4.79 Å². The fourth-order valence-corrected chi connectivity index (χ4v) is 3.69. The van der Waals surface area contributed by atoms with E-state index in [2.05, 4.69) is 35.8 Å². The SMILES string of the molecule is CCCCNC(=O)NC1CCc2cc([C@H](CN)CCCCO)ccc2C1. The molecule has 26 heavy (non-hydrogen) atoms. The van der Waals surface area contributed by atoms with Gasteiger partial charge in [0.1, 0.15) is 0 Å². The van der Waals surface area contributed by atoms with Crippen molar-refractivity contribution in [2.24, 2.45) is 5.73 Å². The van der Waals surface area contributed by atoms with Gasteiger partial charge in [-0.1, -0.05) is 38.0 Å². The Morgan fingerprint density at radius 3 is 2.88 bits per heavy atom. The molecule has 0 aromatic heterocycles. The molecule has 0 bridgehead atoms. The third-order valence-electron chi connectivity index (χ3n) is 5.33. The summed E-state index contributed by atoms with van der Waals surface area (Å²) in [7, 11) is 0. The number of urea groups is 1. The van der Waals surface area contributed by atoms with E-state index < -0.39 is 0 Å². The van der Waals surface area contributed by atoms with Gasteiger partial charge in [-0.05, 0) is 67.7 Å². The summed E-state index contributed by atoms with van der Waals surface area (Å²) in [5.74, 6) is 0.368.